The standard InChI is InChI=1S/C13H17F3N2O2S/c1-8(11(7-19)21-2)17-12(20)18-10-6-4-3-5-9(10)13(14,15)16/h3-6,8,11,19H,7H2,1-2H3,(H2,17,18,20). The van der Waals surface area contributed by atoms with Crippen LogP contribution < -0.4 is 10.6 Å². The maximum absolute atomic E-state index is 12.8. The van der Waals surface area contributed by atoms with Crippen molar-refractivity contribution in [3.05, 3.63) is 29.8 Å². The van der Waals surface area contributed by atoms with Gasteiger partial charge in [-0.1, -0.05) is 12.1 Å². The highest BCUT2D eigenvalue weighted by Gasteiger charge is 2.33. The second-order valence-corrected chi connectivity index (χ2v) is 5.46. The molecule has 4 nitrogen and oxygen atoms in total. The van der Waals surface area contributed by atoms with Crippen LogP contribution in [0, 0.1) is 0 Å². The fourth-order valence-electron chi connectivity index (χ4n) is 1.73. The van der Waals surface area contributed by atoms with Crippen LogP contribution in [0.25, 0.3) is 0 Å². The maximum Gasteiger partial charge on any atom is 0.418 e. The first kappa shape index (κ1) is 17.6. The molecule has 2 amide bonds. The van der Waals surface area contributed by atoms with Crippen LogP contribution in [0.15, 0.2) is 24.3 Å². The number of carbonyl (C=O) groups excluding carboxylic acids is 1. The molecule has 21 heavy (non-hydrogen) atoms. The number of benzene rings is 1. The molecule has 2 unspecified atom stereocenters. The number of urea groups is 1. The van der Waals surface area contributed by atoms with E-state index in [-0.39, 0.29) is 23.6 Å². The van der Waals surface area contributed by atoms with Crippen LogP contribution in [0.1, 0.15) is 12.5 Å². The van der Waals surface area contributed by atoms with E-state index in [1.54, 1.807) is 13.2 Å². The van der Waals surface area contributed by atoms with Gasteiger partial charge in [-0.3, -0.25) is 0 Å². The normalized spacial score (nSPS) is 14.4. The van der Waals surface area contributed by atoms with Crippen LogP contribution in [0.3, 0.4) is 0 Å². The zero-order valence-electron chi connectivity index (χ0n) is 11.6. The van der Waals surface area contributed by atoms with Gasteiger partial charge in [-0.2, -0.15) is 24.9 Å². The third-order valence-corrected chi connectivity index (χ3v) is 4.04. The van der Waals surface area contributed by atoms with Crippen molar-refractivity contribution >= 4 is 23.5 Å². The van der Waals surface area contributed by atoms with E-state index in [0.29, 0.717) is 0 Å². The summed E-state index contributed by atoms with van der Waals surface area (Å²) in [5.74, 6) is 0. The maximum atomic E-state index is 12.8. The van der Waals surface area contributed by atoms with Gasteiger partial charge in [0, 0.05) is 11.3 Å². The van der Waals surface area contributed by atoms with Gasteiger partial charge >= 0.3 is 12.2 Å². The summed E-state index contributed by atoms with van der Waals surface area (Å²) in [6.45, 7) is 1.54. The van der Waals surface area contributed by atoms with Crippen LogP contribution >= 0.6 is 11.8 Å². The second kappa shape index (κ2) is 7.56. The summed E-state index contributed by atoms with van der Waals surface area (Å²) >= 11 is 1.36. The number of carbonyl (C=O) groups is 1. The van der Waals surface area contributed by atoms with E-state index in [2.05, 4.69) is 10.6 Å². The Balaban J connectivity index is 2.76. The van der Waals surface area contributed by atoms with Crippen LogP contribution in [0.4, 0.5) is 23.7 Å². The Labute approximate surface area is 125 Å². The first-order valence-corrected chi connectivity index (χ1v) is 7.45. The van der Waals surface area contributed by atoms with E-state index in [1.807, 2.05) is 0 Å². The number of amides is 2. The largest absolute Gasteiger partial charge is 0.418 e. The number of halogens is 3. The lowest BCUT2D eigenvalue weighted by Crippen LogP contribution is -2.43. The molecule has 0 aromatic heterocycles. The minimum absolute atomic E-state index is 0.137. The van der Waals surface area contributed by atoms with Gasteiger partial charge in [-0.15, -0.1) is 0 Å². The number of anilines is 1. The summed E-state index contributed by atoms with van der Waals surface area (Å²) in [5, 5.41) is 13.6. The van der Waals surface area contributed by atoms with Crippen LogP contribution in [-0.4, -0.2) is 35.3 Å². The molecule has 0 aliphatic carbocycles. The Morgan fingerprint density at radius 3 is 2.52 bits per heavy atom. The lowest BCUT2D eigenvalue weighted by Gasteiger charge is -2.22. The van der Waals surface area contributed by atoms with Crippen molar-refractivity contribution in [3.8, 4) is 0 Å². The molecular weight excluding hydrogens is 305 g/mol. The molecule has 0 saturated carbocycles. The highest BCUT2D eigenvalue weighted by atomic mass is 32.2. The van der Waals surface area contributed by atoms with E-state index in [1.165, 1.54) is 30.0 Å². The molecular formula is C13H17F3N2O2S. The van der Waals surface area contributed by atoms with Crippen molar-refractivity contribution in [2.24, 2.45) is 0 Å². The van der Waals surface area contributed by atoms with Gasteiger partial charge in [-0.25, -0.2) is 4.79 Å². The molecule has 2 atom stereocenters. The molecule has 1 aromatic carbocycles. The number of hydrogen-bond acceptors (Lipinski definition) is 3. The molecule has 118 valence electrons. The van der Waals surface area contributed by atoms with Crippen molar-refractivity contribution in [1.82, 2.24) is 5.32 Å². The smallest absolute Gasteiger partial charge is 0.395 e. The molecule has 0 spiro atoms. The minimum atomic E-state index is -4.54. The van der Waals surface area contributed by atoms with E-state index in [9.17, 15) is 18.0 Å². The zero-order valence-corrected chi connectivity index (χ0v) is 12.4. The second-order valence-electron chi connectivity index (χ2n) is 4.39. The average Bonchev–Trinajstić information content (AvgIpc) is 2.39. The Kier molecular flexibility index (Phi) is 6.35. The summed E-state index contributed by atoms with van der Waals surface area (Å²) in [7, 11) is 0. The van der Waals surface area contributed by atoms with E-state index in [0.717, 1.165) is 6.07 Å². The molecule has 0 fully saturated rings. The monoisotopic (exact) mass is 322 g/mol. The predicted octanol–water partition coefficient (Wildman–Crippen LogP) is 2.94. The molecule has 0 bridgehead atoms. The summed E-state index contributed by atoms with van der Waals surface area (Å²) in [4.78, 5) is 11.8. The molecule has 1 aromatic rings. The summed E-state index contributed by atoms with van der Waals surface area (Å²) in [5.41, 5.74) is -1.21. The van der Waals surface area contributed by atoms with Crippen molar-refractivity contribution in [1.29, 1.82) is 0 Å². The molecule has 8 heteroatoms. The molecule has 0 radical (unpaired) electrons. The minimum Gasteiger partial charge on any atom is -0.395 e. The van der Waals surface area contributed by atoms with Gasteiger partial charge in [0.15, 0.2) is 0 Å². The molecule has 0 aliphatic rings. The topological polar surface area (TPSA) is 61.4 Å². The summed E-state index contributed by atoms with van der Waals surface area (Å²) < 4.78 is 38.4. The van der Waals surface area contributed by atoms with Gasteiger partial charge in [0.2, 0.25) is 0 Å². The number of para-hydroxylation sites is 1. The SMILES string of the molecule is CSC(CO)C(C)NC(=O)Nc1ccccc1C(F)(F)F. The van der Waals surface area contributed by atoms with Crippen molar-refractivity contribution in [3.63, 3.8) is 0 Å². The highest BCUT2D eigenvalue weighted by molar-refractivity contribution is 7.99. The number of nitrogens with one attached hydrogen (secondary N) is 2. The number of aliphatic hydroxyl groups excluding tert-OH is 1. The third-order valence-electron chi connectivity index (χ3n) is 2.88. The van der Waals surface area contributed by atoms with Crippen LogP contribution in [0.5, 0.6) is 0 Å². The van der Waals surface area contributed by atoms with Gasteiger partial charge in [0.05, 0.1) is 17.9 Å². The Morgan fingerprint density at radius 2 is 2.00 bits per heavy atom. The van der Waals surface area contributed by atoms with Gasteiger partial charge in [-0.05, 0) is 25.3 Å². The van der Waals surface area contributed by atoms with E-state index >= 15 is 0 Å². The lowest BCUT2D eigenvalue weighted by atomic mass is 10.1. The summed E-state index contributed by atoms with van der Waals surface area (Å²) in [6, 6.07) is 3.62. The number of alkyl halides is 3. The van der Waals surface area contributed by atoms with Crippen molar-refractivity contribution in [2.75, 3.05) is 18.2 Å². The molecule has 3 N–H and O–H groups in total. The van der Waals surface area contributed by atoms with E-state index in [4.69, 9.17) is 5.11 Å². The Morgan fingerprint density at radius 1 is 1.38 bits per heavy atom. The Hall–Kier alpha value is -1.41. The molecule has 0 heterocycles. The molecule has 0 aliphatic heterocycles. The van der Waals surface area contributed by atoms with Crippen LogP contribution in [0.2, 0.25) is 0 Å². The van der Waals surface area contributed by atoms with Gasteiger partial charge < -0.3 is 15.7 Å². The molecule has 0 saturated heterocycles. The van der Waals surface area contributed by atoms with Crippen LogP contribution in [-0.2, 0) is 6.18 Å². The van der Waals surface area contributed by atoms with Crippen molar-refractivity contribution < 1.29 is 23.1 Å². The lowest BCUT2D eigenvalue weighted by molar-refractivity contribution is -0.136. The molecule has 1 rings (SSSR count). The number of rotatable bonds is 5. The number of hydrogen-bond donors (Lipinski definition) is 3. The van der Waals surface area contributed by atoms with Crippen molar-refractivity contribution in [2.45, 2.75) is 24.4 Å². The average molecular weight is 322 g/mol. The third kappa shape index (κ3) is 5.13. The fraction of sp³-hybridized carbons (Fsp3) is 0.462. The fourth-order valence-corrected chi connectivity index (χ4v) is 2.36. The zero-order chi connectivity index (χ0) is 16.0. The first-order chi connectivity index (χ1) is 9.79. The number of thioether (sulfide) groups is 1. The van der Waals surface area contributed by atoms with E-state index < -0.39 is 17.8 Å². The predicted molar refractivity (Wildman–Crippen MR) is 77.4 cm³/mol. The first-order valence-electron chi connectivity index (χ1n) is 6.17. The van der Waals surface area contributed by atoms with Gasteiger partial charge in [0.1, 0.15) is 0 Å². The van der Waals surface area contributed by atoms with Gasteiger partial charge in [0.25, 0.3) is 0 Å². The number of aliphatic hydroxyl groups is 1. The summed E-state index contributed by atoms with van der Waals surface area (Å²) in [6.07, 6.45) is -2.77. The quantitative estimate of drug-likeness (QED) is 0.781. The Bertz CT molecular complexity index is 479. The highest BCUT2D eigenvalue weighted by Crippen LogP contribution is 2.34.